The average molecular weight is 239 g/mol. The van der Waals surface area contributed by atoms with Crippen LogP contribution in [-0.4, -0.2) is 14.5 Å². The monoisotopic (exact) mass is 238 g/mol. The molecule has 2 rings (SSSR count). The molecular weight excluding hydrogens is 232 g/mol. The van der Waals surface area contributed by atoms with Crippen LogP contribution in [0.15, 0.2) is 30.5 Å². The molecule has 0 unspecified atom stereocenters. The van der Waals surface area contributed by atoms with Gasteiger partial charge >= 0.3 is 0 Å². The third-order valence-corrected chi connectivity index (χ3v) is 2.77. The molecule has 2 aromatic rings. The fourth-order valence-electron chi connectivity index (χ4n) is 1.21. The Labute approximate surface area is 96.0 Å². The van der Waals surface area contributed by atoms with E-state index in [0.29, 0.717) is 16.3 Å². The van der Waals surface area contributed by atoms with Crippen molar-refractivity contribution in [3.63, 3.8) is 0 Å². The van der Waals surface area contributed by atoms with Gasteiger partial charge < -0.3 is 0 Å². The molecular formula is C10H7ClN2OS. The normalized spacial score (nSPS) is 10.2. The Bertz CT molecular complexity index is 470. The maximum atomic E-state index is 11.8. The molecule has 1 aromatic carbocycles. The molecule has 0 bridgehead atoms. The summed E-state index contributed by atoms with van der Waals surface area (Å²) in [6, 6.07) is 7.00. The van der Waals surface area contributed by atoms with E-state index in [1.807, 2.05) is 0 Å². The molecule has 0 atom stereocenters. The Morgan fingerprint density at radius 2 is 2.20 bits per heavy atom. The molecule has 5 heteroatoms. The highest BCUT2D eigenvalue weighted by Gasteiger charge is 2.11. The van der Waals surface area contributed by atoms with E-state index in [1.54, 1.807) is 30.5 Å². The molecule has 0 saturated carbocycles. The summed E-state index contributed by atoms with van der Waals surface area (Å²) in [5.41, 5.74) is 1.22. The standard InChI is InChI=1S/C10H7ClN2OS/c11-9-4-2-1-3-8(9)10(14)5-7-6-12-15-13-7/h1-4,6H,5H2. The lowest BCUT2D eigenvalue weighted by Gasteiger charge is -2.00. The molecule has 0 aliphatic carbocycles. The molecule has 0 N–H and O–H groups in total. The highest BCUT2D eigenvalue weighted by molar-refractivity contribution is 6.99. The minimum atomic E-state index is -0.0340. The van der Waals surface area contributed by atoms with E-state index in [2.05, 4.69) is 8.75 Å². The van der Waals surface area contributed by atoms with Gasteiger partial charge in [0, 0.05) is 5.56 Å². The predicted octanol–water partition coefficient (Wildman–Crippen LogP) is 2.62. The van der Waals surface area contributed by atoms with Crippen molar-refractivity contribution in [3.05, 3.63) is 46.7 Å². The van der Waals surface area contributed by atoms with Gasteiger partial charge in [-0.05, 0) is 12.1 Å². The minimum absolute atomic E-state index is 0.0340. The molecule has 0 aliphatic rings. The summed E-state index contributed by atoms with van der Waals surface area (Å²) in [6.07, 6.45) is 1.85. The Kier molecular flexibility index (Phi) is 3.08. The van der Waals surface area contributed by atoms with Crippen LogP contribution < -0.4 is 0 Å². The molecule has 0 amide bonds. The third-order valence-electron chi connectivity index (χ3n) is 1.92. The number of carbonyl (C=O) groups excluding carboxylic acids is 1. The van der Waals surface area contributed by atoms with Gasteiger partial charge in [0.1, 0.15) is 0 Å². The fraction of sp³-hybridized carbons (Fsp3) is 0.100. The third kappa shape index (κ3) is 2.40. The van der Waals surface area contributed by atoms with E-state index in [4.69, 9.17) is 11.6 Å². The van der Waals surface area contributed by atoms with E-state index in [1.165, 1.54) is 0 Å². The van der Waals surface area contributed by atoms with Gasteiger partial charge in [-0.1, -0.05) is 23.7 Å². The number of benzene rings is 1. The van der Waals surface area contributed by atoms with Crippen molar-refractivity contribution in [3.8, 4) is 0 Å². The van der Waals surface area contributed by atoms with Crippen molar-refractivity contribution in [2.75, 3.05) is 0 Å². The van der Waals surface area contributed by atoms with Crippen LogP contribution in [0.25, 0.3) is 0 Å². The van der Waals surface area contributed by atoms with E-state index < -0.39 is 0 Å². The summed E-state index contributed by atoms with van der Waals surface area (Å²) in [7, 11) is 0. The number of hydrogen-bond donors (Lipinski definition) is 0. The molecule has 15 heavy (non-hydrogen) atoms. The zero-order chi connectivity index (χ0) is 10.7. The van der Waals surface area contributed by atoms with Crippen molar-refractivity contribution in [2.45, 2.75) is 6.42 Å². The van der Waals surface area contributed by atoms with Gasteiger partial charge in [0.05, 0.1) is 35.1 Å². The van der Waals surface area contributed by atoms with E-state index in [9.17, 15) is 4.79 Å². The van der Waals surface area contributed by atoms with Crippen LogP contribution in [-0.2, 0) is 6.42 Å². The van der Waals surface area contributed by atoms with Crippen LogP contribution in [0.2, 0.25) is 5.02 Å². The van der Waals surface area contributed by atoms with Crippen molar-refractivity contribution < 1.29 is 4.79 Å². The summed E-state index contributed by atoms with van der Waals surface area (Å²) in [4.78, 5) is 11.8. The number of nitrogens with zero attached hydrogens (tertiary/aromatic N) is 2. The fourth-order valence-corrected chi connectivity index (χ4v) is 1.88. The van der Waals surface area contributed by atoms with Gasteiger partial charge in [0.25, 0.3) is 0 Å². The van der Waals surface area contributed by atoms with Crippen LogP contribution in [0.3, 0.4) is 0 Å². The smallest absolute Gasteiger partial charge is 0.170 e. The first-order valence-corrected chi connectivity index (χ1v) is 5.42. The Balaban J connectivity index is 2.19. The lowest BCUT2D eigenvalue weighted by atomic mass is 10.1. The molecule has 76 valence electrons. The van der Waals surface area contributed by atoms with E-state index in [-0.39, 0.29) is 12.2 Å². The molecule has 1 aromatic heterocycles. The molecule has 0 aliphatic heterocycles. The quantitative estimate of drug-likeness (QED) is 0.772. The van der Waals surface area contributed by atoms with Gasteiger partial charge in [-0.15, -0.1) is 0 Å². The SMILES string of the molecule is O=C(Cc1cnsn1)c1ccccc1Cl. The Morgan fingerprint density at radius 3 is 2.87 bits per heavy atom. The second-order valence-electron chi connectivity index (χ2n) is 2.98. The van der Waals surface area contributed by atoms with Gasteiger partial charge in [0.15, 0.2) is 5.78 Å². The lowest BCUT2D eigenvalue weighted by molar-refractivity contribution is 0.0992. The molecule has 1 heterocycles. The highest BCUT2D eigenvalue weighted by Crippen LogP contribution is 2.16. The summed E-state index contributed by atoms with van der Waals surface area (Å²) in [6.45, 7) is 0. The molecule has 0 spiro atoms. The Hall–Kier alpha value is -1.26. The predicted molar refractivity (Wildman–Crippen MR) is 59.4 cm³/mol. The molecule has 3 nitrogen and oxygen atoms in total. The van der Waals surface area contributed by atoms with E-state index >= 15 is 0 Å². The molecule has 0 fully saturated rings. The van der Waals surface area contributed by atoms with Crippen LogP contribution in [0.5, 0.6) is 0 Å². The zero-order valence-corrected chi connectivity index (χ0v) is 9.26. The zero-order valence-electron chi connectivity index (χ0n) is 7.68. The minimum Gasteiger partial charge on any atom is -0.294 e. The van der Waals surface area contributed by atoms with Gasteiger partial charge in [-0.25, -0.2) is 0 Å². The molecule has 0 radical (unpaired) electrons. The Morgan fingerprint density at radius 1 is 1.40 bits per heavy atom. The molecule has 0 saturated heterocycles. The van der Waals surface area contributed by atoms with Crippen LogP contribution in [0.1, 0.15) is 16.1 Å². The number of Topliss-reactive ketones (excluding diaryl/α,β-unsaturated/α-hetero) is 1. The van der Waals surface area contributed by atoms with Gasteiger partial charge in [0.2, 0.25) is 0 Å². The summed E-state index contributed by atoms with van der Waals surface area (Å²) in [5.74, 6) is -0.0340. The summed E-state index contributed by atoms with van der Waals surface area (Å²) < 4.78 is 7.81. The number of ketones is 1. The largest absolute Gasteiger partial charge is 0.294 e. The number of halogens is 1. The van der Waals surface area contributed by atoms with Gasteiger partial charge in [-0.2, -0.15) is 8.75 Å². The average Bonchev–Trinajstić information content (AvgIpc) is 2.71. The van der Waals surface area contributed by atoms with Gasteiger partial charge in [-0.3, -0.25) is 4.79 Å². The first-order valence-electron chi connectivity index (χ1n) is 4.31. The summed E-state index contributed by atoms with van der Waals surface area (Å²) >= 11 is 7.00. The number of carbonyl (C=O) groups is 1. The number of aromatic nitrogens is 2. The first-order chi connectivity index (χ1) is 7.27. The number of rotatable bonds is 3. The second kappa shape index (κ2) is 4.51. The lowest BCUT2D eigenvalue weighted by Crippen LogP contribution is -2.04. The maximum Gasteiger partial charge on any atom is 0.170 e. The second-order valence-corrected chi connectivity index (χ2v) is 3.94. The number of hydrogen-bond acceptors (Lipinski definition) is 4. The van der Waals surface area contributed by atoms with Crippen LogP contribution in [0, 0.1) is 0 Å². The van der Waals surface area contributed by atoms with Crippen LogP contribution in [0.4, 0.5) is 0 Å². The highest BCUT2D eigenvalue weighted by atomic mass is 35.5. The van der Waals surface area contributed by atoms with Crippen molar-refractivity contribution >= 4 is 29.1 Å². The van der Waals surface area contributed by atoms with Crippen molar-refractivity contribution in [2.24, 2.45) is 0 Å². The first kappa shape index (κ1) is 10.3. The van der Waals surface area contributed by atoms with Crippen LogP contribution >= 0.6 is 23.3 Å². The van der Waals surface area contributed by atoms with Crippen molar-refractivity contribution in [1.29, 1.82) is 0 Å². The van der Waals surface area contributed by atoms with E-state index in [0.717, 1.165) is 11.7 Å². The maximum absolute atomic E-state index is 11.8. The topological polar surface area (TPSA) is 42.9 Å². The summed E-state index contributed by atoms with van der Waals surface area (Å²) in [5, 5.41) is 0.477. The van der Waals surface area contributed by atoms with Crippen molar-refractivity contribution in [1.82, 2.24) is 8.75 Å².